The average Bonchev–Trinajstić information content (AvgIpc) is 2.49. The van der Waals surface area contributed by atoms with E-state index in [1.54, 1.807) is 43.4 Å². The summed E-state index contributed by atoms with van der Waals surface area (Å²) in [6, 6.07) is 13.2. The molecule has 0 aromatic heterocycles. The molecule has 0 unspecified atom stereocenters. The standard InChI is InChI=1S/C16H16N2O3/c1-17-16(21)12-3-2-4-13(10-12)18-15(20)9-11-5-7-14(19)8-6-11/h2-8,10,19H,9H2,1H3,(H,17,21)(H,18,20). The number of hydrogen-bond donors (Lipinski definition) is 3. The molecule has 0 bridgehead atoms. The van der Waals surface area contributed by atoms with Crippen LogP contribution in [0.15, 0.2) is 48.5 Å². The van der Waals surface area contributed by atoms with Gasteiger partial charge in [0, 0.05) is 18.3 Å². The molecular formula is C16H16N2O3. The van der Waals surface area contributed by atoms with E-state index in [0.717, 1.165) is 5.56 Å². The van der Waals surface area contributed by atoms with E-state index in [-0.39, 0.29) is 24.0 Å². The lowest BCUT2D eigenvalue weighted by molar-refractivity contribution is -0.115. The minimum absolute atomic E-state index is 0.164. The predicted octanol–water partition coefficient (Wildman–Crippen LogP) is 1.93. The van der Waals surface area contributed by atoms with Gasteiger partial charge < -0.3 is 15.7 Å². The van der Waals surface area contributed by atoms with Gasteiger partial charge >= 0.3 is 0 Å². The first-order chi connectivity index (χ1) is 10.1. The van der Waals surface area contributed by atoms with E-state index in [1.165, 1.54) is 12.1 Å². The molecule has 2 amide bonds. The Balaban J connectivity index is 2.02. The highest BCUT2D eigenvalue weighted by atomic mass is 16.3. The second-order valence-electron chi connectivity index (χ2n) is 4.55. The number of benzene rings is 2. The maximum absolute atomic E-state index is 11.9. The van der Waals surface area contributed by atoms with Crippen LogP contribution in [0.5, 0.6) is 5.75 Å². The van der Waals surface area contributed by atoms with Gasteiger partial charge in [0.15, 0.2) is 0 Å². The van der Waals surface area contributed by atoms with Gasteiger partial charge in [-0.05, 0) is 35.9 Å². The fourth-order valence-corrected chi connectivity index (χ4v) is 1.89. The number of rotatable bonds is 4. The quantitative estimate of drug-likeness (QED) is 0.802. The van der Waals surface area contributed by atoms with Crippen LogP contribution < -0.4 is 10.6 Å². The topological polar surface area (TPSA) is 78.4 Å². The predicted molar refractivity (Wildman–Crippen MR) is 80.3 cm³/mol. The molecule has 0 aliphatic carbocycles. The second-order valence-corrected chi connectivity index (χ2v) is 4.55. The van der Waals surface area contributed by atoms with Crippen LogP contribution in [0.1, 0.15) is 15.9 Å². The number of hydrogen-bond acceptors (Lipinski definition) is 3. The van der Waals surface area contributed by atoms with Crippen molar-refractivity contribution in [2.75, 3.05) is 12.4 Å². The zero-order chi connectivity index (χ0) is 15.2. The molecule has 0 fully saturated rings. The van der Waals surface area contributed by atoms with Crippen LogP contribution >= 0.6 is 0 Å². The van der Waals surface area contributed by atoms with Crippen molar-refractivity contribution in [3.05, 3.63) is 59.7 Å². The zero-order valence-electron chi connectivity index (χ0n) is 11.6. The lowest BCUT2D eigenvalue weighted by atomic mass is 10.1. The fraction of sp³-hybridized carbons (Fsp3) is 0.125. The van der Waals surface area contributed by atoms with Crippen LogP contribution in [-0.4, -0.2) is 24.0 Å². The van der Waals surface area contributed by atoms with Gasteiger partial charge in [0.1, 0.15) is 5.75 Å². The summed E-state index contributed by atoms with van der Waals surface area (Å²) in [6.07, 6.45) is 0.199. The summed E-state index contributed by atoms with van der Waals surface area (Å²) in [5.41, 5.74) is 1.85. The molecule has 5 heteroatoms. The van der Waals surface area contributed by atoms with Crippen molar-refractivity contribution in [1.82, 2.24) is 5.32 Å². The molecule has 0 aliphatic heterocycles. The SMILES string of the molecule is CNC(=O)c1cccc(NC(=O)Cc2ccc(O)cc2)c1. The first-order valence-electron chi connectivity index (χ1n) is 6.48. The molecule has 2 aromatic carbocycles. The summed E-state index contributed by atoms with van der Waals surface area (Å²) in [5.74, 6) is -0.225. The zero-order valence-corrected chi connectivity index (χ0v) is 11.6. The summed E-state index contributed by atoms with van der Waals surface area (Å²) in [4.78, 5) is 23.5. The van der Waals surface area contributed by atoms with E-state index in [2.05, 4.69) is 10.6 Å². The largest absolute Gasteiger partial charge is 0.508 e. The molecule has 0 radical (unpaired) electrons. The summed E-state index contributed by atoms with van der Waals surface area (Å²) in [5, 5.41) is 14.5. The molecular weight excluding hydrogens is 268 g/mol. The molecule has 0 aliphatic rings. The van der Waals surface area contributed by atoms with E-state index in [9.17, 15) is 14.7 Å². The normalized spacial score (nSPS) is 9.95. The number of nitrogens with one attached hydrogen (secondary N) is 2. The summed E-state index contributed by atoms with van der Waals surface area (Å²) < 4.78 is 0. The van der Waals surface area contributed by atoms with Crippen LogP contribution in [-0.2, 0) is 11.2 Å². The van der Waals surface area contributed by atoms with Crippen LogP contribution in [0.3, 0.4) is 0 Å². The Labute approximate surface area is 122 Å². The lowest BCUT2D eigenvalue weighted by Gasteiger charge is -2.07. The third-order valence-electron chi connectivity index (χ3n) is 2.94. The first kappa shape index (κ1) is 14.6. The molecule has 0 spiro atoms. The van der Waals surface area contributed by atoms with Crippen LogP contribution in [0.4, 0.5) is 5.69 Å². The van der Waals surface area contributed by atoms with Crippen molar-refractivity contribution in [2.24, 2.45) is 0 Å². The van der Waals surface area contributed by atoms with Gasteiger partial charge in [-0.25, -0.2) is 0 Å². The van der Waals surface area contributed by atoms with Gasteiger partial charge in [0.2, 0.25) is 5.91 Å². The summed E-state index contributed by atoms with van der Waals surface area (Å²) >= 11 is 0. The highest BCUT2D eigenvalue weighted by Crippen LogP contribution is 2.13. The van der Waals surface area contributed by atoms with E-state index < -0.39 is 0 Å². The summed E-state index contributed by atoms with van der Waals surface area (Å²) in [6.45, 7) is 0. The van der Waals surface area contributed by atoms with Crippen molar-refractivity contribution >= 4 is 17.5 Å². The number of amides is 2. The smallest absolute Gasteiger partial charge is 0.251 e. The Morgan fingerprint density at radius 3 is 2.48 bits per heavy atom. The third kappa shape index (κ3) is 4.07. The van der Waals surface area contributed by atoms with Gasteiger partial charge in [-0.3, -0.25) is 9.59 Å². The highest BCUT2D eigenvalue weighted by molar-refractivity contribution is 5.97. The Bertz CT molecular complexity index is 651. The number of phenolic OH excluding ortho intramolecular Hbond substituents is 1. The number of anilines is 1. The van der Waals surface area contributed by atoms with Gasteiger partial charge in [0.25, 0.3) is 5.91 Å². The van der Waals surface area contributed by atoms with Crippen molar-refractivity contribution in [3.63, 3.8) is 0 Å². The van der Waals surface area contributed by atoms with E-state index in [0.29, 0.717) is 11.3 Å². The van der Waals surface area contributed by atoms with Crippen LogP contribution in [0, 0.1) is 0 Å². The first-order valence-corrected chi connectivity index (χ1v) is 6.48. The number of carbonyl (C=O) groups excluding carboxylic acids is 2. The molecule has 0 heterocycles. The van der Waals surface area contributed by atoms with Crippen molar-refractivity contribution in [2.45, 2.75) is 6.42 Å². The van der Waals surface area contributed by atoms with E-state index in [1.807, 2.05) is 0 Å². The number of aromatic hydroxyl groups is 1. The molecule has 5 nitrogen and oxygen atoms in total. The Kier molecular flexibility index (Phi) is 4.56. The lowest BCUT2D eigenvalue weighted by Crippen LogP contribution is -2.19. The van der Waals surface area contributed by atoms with Crippen molar-refractivity contribution in [1.29, 1.82) is 0 Å². The molecule has 3 N–H and O–H groups in total. The number of phenols is 1. The van der Waals surface area contributed by atoms with E-state index in [4.69, 9.17) is 0 Å². The molecule has 2 aromatic rings. The van der Waals surface area contributed by atoms with E-state index >= 15 is 0 Å². The molecule has 108 valence electrons. The van der Waals surface area contributed by atoms with Gasteiger partial charge in [0.05, 0.1) is 6.42 Å². The third-order valence-corrected chi connectivity index (χ3v) is 2.94. The molecule has 0 saturated heterocycles. The van der Waals surface area contributed by atoms with Crippen molar-refractivity contribution < 1.29 is 14.7 Å². The molecule has 0 saturated carbocycles. The fourth-order valence-electron chi connectivity index (χ4n) is 1.89. The molecule has 21 heavy (non-hydrogen) atoms. The maximum atomic E-state index is 11.9. The van der Waals surface area contributed by atoms with Gasteiger partial charge in [-0.15, -0.1) is 0 Å². The Morgan fingerprint density at radius 1 is 1.10 bits per heavy atom. The Hall–Kier alpha value is -2.82. The monoisotopic (exact) mass is 284 g/mol. The Morgan fingerprint density at radius 2 is 1.81 bits per heavy atom. The molecule has 2 rings (SSSR count). The minimum Gasteiger partial charge on any atom is -0.508 e. The highest BCUT2D eigenvalue weighted by Gasteiger charge is 2.07. The van der Waals surface area contributed by atoms with Gasteiger partial charge in [-0.2, -0.15) is 0 Å². The van der Waals surface area contributed by atoms with Crippen LogP contribution in [0.2, 0.25) is 0 Å². The minimum atomic E-state index is -0.204. The second kappa shape index (κ2) is 6.56. The molecule has 0 atom stereocenters. The number of carbonyl (C=O) groups is 2. The average molecular weight is 284 g/mol. The van der Waals surface area contributed by atoms with Crippen molar-refractivity contribution in [3.8, 4) is 5.75 Å². The van der Waals surface area contributed by atoms with Crippen LogP contribution in [0.25, 0.3) is 0 Å². The van der Waals surface area contributed by atoms with Gasteiger partial charge in [-0.1, -0.05) is 18.2 Å². The summed E-state index contributed by atoms with van der Waals surface area (Å²) in [7, 11) is 1.55. The maximum Gasteiger partial charge on any atom is 0.251 e.